The zero-order valence-electron chi connectivity index (χ0n) is 11.9. The summed E-state index contributed by atoms with van der Waals surface area (Å²) in [4.78, 5) is 4.19. The summed E-state index contributed by atoms with van der Waals surface area (Å²) in [5.41, 5.74) is 3.41. The third kappa shape index (κ3) is 3.28. The molecule has 3 rings (SSSR count). The van der Waals surface area contributed by atoms with E-state index in [4.69, 9.17) is 21.1 Å². The lowest BCUT2D eigenvalue weighted by molar-refractivity contribution is 0.352. The van der Waals surface area contributed by atoms with Crippen LogP contribution in [0.1, 0.15) is 16.7 Å². The van der Waals surface area contributed by atoms with Gasteiger partial charge in [0.05, 0.1) is 13.7 Å². The van der Waals surface area contributed by atoms with Crippen LogP contribution in [0.3, 0.4) is 0 Å². The SMILES string of the molecule is COc1ccc(CNCc2cc(Cl)cc3c2OCC3)cn1. The predicted octanol–water partition coefficient (Wildman–Crippen LogP) is 2.97. The minimum atomic E-state index is 0.625. The molecule has 21 heavy (non-hydrogen) atoms. The topological polar surface area (TPSA) is 43.4 Å². The van der Waals surface area contributed by atoms with Gasteiger partial charge in [-0.3, -0.25) is 0 Å². The molecular weight excluding hydrogens is 288 g/mol. The maximum absolute atomic E-state index is 6.15. The van der Waals surface area contributed by atoms with Crippen molar-refractivity contribution in [2.75, 3.05) is 13.7 Å². The van der Waals surface area contributed by atoms with Crippen LogP contribution in [-0.4, -0.2) is 18.7 Å². The van der Waals surface area contributed by atoms with Crippen molar-refractivity contribution in [3.8, 4) is 11.6 Å². The molecule has 0 saturated heterocycles. The van der Waals surface area contributed by atoms with Gasteiger partial charge >= 0.3 is 0 Å². The van der Waals surface area contributed by atoms with Crippen LogP contribution in [0.2, 0.25) is 5.02 Å². The van der Waals surface area contributed by atoms with Gasteiger partial charge in [-0.15, -0.1) is 0 Å². The summed E-state index contributed by atoms with van der Waals surface area (Å²) in [7, 11) is 1.61. The average Bonchev–Trinajstić information content (AvgIpc) is 2.96. The molecule has 0 saturated carbocycles. The summed E-state index contributed by atoms with van der Waals surface area (Å²) < 4.78 is 10.7. The van der Waals surface area contributed by atoms with E-state index in [0.29, 0.717) is 5.88 Å². The number of ether oxygens (including phenoxy) is 2. The van der Waals surface area contributed by atoms with Gasteiger partial charge in [0.25, 0.3) is 0 Å². The molecule has 0 amide bonds. The van der Waals surface area contributed by atoms with Crippen LogP contribution in [0.15, 0.2) is 30.5 Å². The van der Waals surface area contributed by atoms with Crippen molar-refractivity contribution >= 4 is 11.6 Å². The first kappa shape index (κ1) is 14.2. The Labute approximate surface area is 129 Å². The Morgan fingerprint density at radius 3 is 3.00 bits per heavy atom. The van der Waals surface area contributed by atoms with Crippen molar-refractivity contribution in [1.29, 1.82) is 0 Å². The van der Waals surface area contributed by atoms with E-state index in [-0.39, 0.29) is 0 Å². The highest BCUT2D eigenvalue weighted by Crippen LogP contribution is 2.32. The maximum Gasteiger partial charge on any atom is 0.212 e. The summed E-state index contributed by atoms with van der Waals surface area (Å²) >= 11 is 6.15. The monoisotopic (exact) mass is 304 g/mol. The van der Waals surface area contributed by atoms with Crippen molar-refractivity contribution in [2.24, 2.45) is 0 Å². The van der Waals surface area contributed by atoms with E-state index in [1.54, 1.807) is 7.11 Å². The predicted molar refractivity (Wildman–Crippen MR) is 82.0 cm³/mol. The first-order valence-corrected chi connectivity index (χ1v) is 7.28. The van der Waals surface area contributed by atoms with Crippen LogP contribution in [-0.2, 0) is 19.5 Å². The molecule has 4 nitrogen and oxygen atoms in total. The molecule has 110 valence electrons. The van der Waals surface area contributed by atoms with Crippen LogP contribution >= 0.6 is 11.6 Å². The zero-order valence-corrected chi connectivity index (χ0v) is 12.6. The quantitative estimate of drug-likeness (QED) is 0.922. The lowest BCUT2D eigenvalue weighted by atomic mass is 10.1. The normalized spacial score (nSPS) is 12.9. The van der Waals surface area contributed by atoms with Crippen LogP contribution in [0, 0.1) is 0 Å². The van der Waals surface area contributed by atoms with Crippen LogP contribution in [0.25, 0.3) is 0 Å². The zero-order chi connectivity index (χ0) is 14.7. The molecule has 2 heterocycles. The molecule has 1 aliphatic heterocycles. The fourth-order valence-electron chi connectivity index (χ4n) is 2.46. The molecule has 0 unspecified atom stereocenters. The van der Waals surface area contributed by atoms with E-state index in [1.807, 2.05) is 30.5 Å². The molecule has 1 aliphatic rings. The Kier molecular flexibility index (Phi) is 4.27. The molecule has 2 aromatic rings. The first-order valence-electron chi connectivity index (χ1n) is 6.90. The number of hydrogen-bond acceptors (Lipinski definition) is 4. The number of nitrogens with one attached hydrogen (secondary N) is 1. The molecule has 0 atom stereocenters. The molecule has 1 N–H and O–H groups in total. The largest absolute Gasteiger partial charge is 0.493 e. The van der Waals surface area contributed by atoms with Crippen molar-refractivity contribution in [2.45, 2.75) is 19.5 Å². The van der Waals surface area contributed by atoms with Gasteiger partial charge in [-0.25, -0.2) is 4.98 Å². The van der Waals surface area contributed by atoms with Gasteiger partial charge in [0.1, 0.15) is 5.75 Å². The second-order valence-corrected chi connectivity index (χ2v) is 5.40. The fraction of sp³-hybridized carbons (Fsp3) is 0.312. The second kappa shape index (κ2) is 6.33. The van der Waals surface area contributed by atoms with Gasteiger partial charge < -0.3 is 14.8 Å². The van der Waals surface area contributed by atoms with Crippen LogP contribution < -0.4 is 14.8 Å². The van der Waals surface area contributed by atoms with Gasteiger partial charge in [-0.1, -0.05) is 17.7 Å². The molecular formula is C16H17ClN2O2. The van der Waals surface area contributed by atoms with E-state index in [0.717, 1.165) is 48.0 Å². The number of pyridine rings is 1. The molecule has 1 aromatic carbocycles. The molecule has 1 aromatic heterocycles. The van der Waals surface area contributed by atoms with Gasteiger partial charge in [0.2, 0.25) is 5.88 Å². The first-order chi connectivity index (χ1) is 10.3. The van der Waals surface area contributed by atoms with Crippen molar-refractivity contribution < 1.29 is 9.47 Å². The maximum atomic E-state index is 6.15. The fourth-order valence-corrected chi connectivity index (χ4v) is 2.72. The third-order valence-corrected chi connectivity index (χ3v) is 3.69. The number of fused-ring (bicyclic) bond motifs is 1. The van der Waals surface area contributed by atoms with E-state index in [2.05, 4.69) is 10.3 Å². The average molecular weight is 305 g/mol. The van der Waals surface area contributed by atoms with E-state index in [9.17, 15) is 0 Å². The molecule has 5 heteroatoms. The Balaban J connectivity index is 1.63. The molecule has 0 aliphatic carbocycles. The Morgan fingerprint density at radius 2 is 2.24 bits per heavy atom. The highest BCUT2D eigenvalue weighted by atomic mass is 35.5. The van der Waals surface area contributed by atoms with Gasteiger partial charge in [0, 0.05) is 42.4 Å². The van der Waals surface area contributed by atoms with Gasteiger partial charge in [-0.2, -0.15) is 0 Å². The molecule has 0 fully saturated rings. The van der Waals surface area contributed by atoms with Crippen molar-refractivity contribution in [3.63, 3.8) is 0 Å². The van der Waals surface area contributed by atoms with Crippen LogP contribution in [0.4, 0.5) is 0 Å². The minimum Gasteiger partial charge on any atom is -0.493 e. The smallest absolute Gasteiger partial charge is 0.212 e. The van der Waals surface area contributed by atoms with E-state index in [1.165, 1.54) is 5.56 Å². The minimum absolute atomic E-state index is 0.625. The third-order valence-electron chi connectivity index (χ3n) is 3.48. The van der Waals surface area contributed by atoms with Crippen molar-refractivity contribution in [1.82, 2.24) is 10.3 Å². The van der Waals surface area contributed by atoms with E-state index < -0.39 is 0 Å². The number of methoxy groups -OCH3 is 1. The van der Waals surface area contributed by atoms with Crippen LogP contribution in [0.5, 0.6) is 11.6 Å². The summed E-state index contributed by atoms with van der Waals surface area (Å²) in [5, 5.41) is 4.16. The molecule has 0 radical (unpaired) electrons. The number of benzene rings is 1. The number of halogens is 1. The summed E-state index contributed by atoms with van der Waals surface area (Å²) in [6.45, 7) is 2.19. The van der Waals surface area contributed by atoms with Gasteiger partial charge in [0.15, 0.2) is 0 Å². The summed E-state index contributed by atoms with van der Waals surface area (Å²) in [6.07, 6.45) is 2.75. The highest BCUT2D eigenvalue weighted by Gasteiger charge is 2.17. The Hall–Kier alpha value is -1.78. The van der Waals surface area contributed by atoms with Crippen molar-refractivity contribution in [3.05, 3.63) is 52.2 Å². The second-order valence-electron chi connectivity index (χ2n) is 4.96. The number of rotatable bonds is 5. The number of nitrogens with zero attached hydrogens (tertiary/aromatic N) is 1. The summed E-state index contributed by atoms with van der Waals surface area (Å²) in [6, 6.07) is 7.81. The highest BCUT2D eigenvalue weighted by molar-refractivity contribution is 6.30. The number of hydrogen-bond donors (Lipinski definition) is 1. The number of aromatic nitrogens is 1. The lowest BCUT2D eigenvalue weighted by Crippen LogP contribution is -2.13. The van der Waals surface area contributed by atoms with E-state index >= 15 is 0 Å². The summed E-state index contributed by atoms with van der Waals surface area (Å²) in [5.74, 6) is 1.61. The Bertz CT molecular complexity index is 629. The molecule has 0 spiro atoms. The Morgan fingerprint density at radius 1 is 1.33 bits per heavy atom. The lowest BCUT2D eigenvalue weighted by Gasteiger charge is -2.10. The standard InChI is InChI=1S/C16H17ClN2O2/c1-20-15-3-2-11(9-19-15)8-18-10-13-7-14(17)6-12-4-5-21-16(12)13/h2-3,6-7,9,18H,4-5,8,10H2,1H3. The van der Waals surface area contributed by atoms with Gasteiger partial charge in [-0.05, 0) is 23.3 Å². The molecule has 0 bridgehead atoms.